The molecule has 0 N–H and O–H groups in total. The number of hydrogen-bond donors (Lipinski definition) is 0. The fraction of sp³-hybridized carbons (Fsp3) is 0.200. The molecule has 20 heavy (non-hydrogen) atoms. The summed E-state index contributed by atoms with van der Waals surface area (Å²) in [4.78, 5) is 16.1. The van der Waals surface area contributed by atoms with Gasteiger partial charge in [0.15, 0.2) is 5.78 Å². The van der Waals surface area contributed by atoms with Crippen LogP contribution in [0, 0.1) is 11.6 Å². The van der Waals surface area contributed by atoms with Gasteiger partial charge < -0.3 is 0 Å². The van der Waals surface area contributed by atoms with Gasteiger partial charge in [0.05, 0.1) is 17.0 Å². The first-order valence-electron chi connectivity index (χ1n) is 6.12. The largest absolute Gasteiger partial charge is 0.294 e. The fourth-order valence-corrected chi connectivity index (χ4v) is 1.92. The Balaban J connectivity index is 2.21. The molecule has 0 amide bonds. The molecule has 0 unspecified atom stereocenters. The number of nitrogens with zero attached hydrogens (tertiary/aromatic N) is 1. The van der Waals surface area contributed by atoms with Crippen molar-refractivity contribution in [2.24, 2.45) is 0 Å². The summed E-state index contributed by atoms with van der Waals surface area (Å²) in [6.07, 6.45) is 2.43. The summed E-state index contributed by atoms with van der Waals surface area (Å²) in [5, 5.41) is -0.343. The Hall–Kier alpha value is -1.81. The Morgan fingerprint density at radius 1 is 1.25 bits per heavy atom. The van der Waals surface area contributed by atoms with Gasteiger partial charge in [0.1, 0.15) is 11.6 Å². The van der Waals surface area contributed by atoms with E-state index in [0.29, 0.717) is 5.69 Å². The van der Waals surface area contributed by atoms with Gasteiger partial charge in [-0.3, -0.25) is 9.78 Å². The van der Waals surface area contributed by atoms with Crippen LogP contribution in [-0.2, 0) is 12.8 Å². The van der Waals surface area contributed by atoms with E-state index in [1.807, 2.05) is 13.0 Å². The number of hydrogen-bond acceptors (Lipinski definition) is 2. The number of Topliss-reactive ketones (excluding diaryl/α,β-unsaturated/α-hetero) is 1. The minimum absolute atomic E-state index is 0.0814. The van der Waals surface area contributed by atoms with Crippen molar-refractivity contribution in [2.75, 3.05) is 0 Å². The van der Waals surface area contributed by atoms with E-state index < -0.39 is 17.4 Å². The van der Waals surface area contributed by atoms with E-state index in [-0.39, 0.29) is 17.0 Å². The molecule has 1 aromatic carbocycles. The van der Waals surface area contributed by atoms with Crippen molar-refractivity contribution in [3.63, 3.8) is 0 Å². The molecule has 104 valence electrons. The summed E-state index contributed by atoms with van der Waals surface area (Å²) in [6, 6.07) is 5.19. The van der Waals surface area contributed by atoms with Gasteiger partial charge in [-0.1, -0.05) is 24.6 Å². The third-order valence-electron chi connectivity index (χ3n) is 2.95. The molecule has 2 nitrogen and oxygen atoms in total. The van der Waals surface area contributed by atoms with Crippen LogP contribution in [0.2, 0.25) is 5.02 Å². The molecule has 2 rings (SSSR count). The zero-order valence-corrected chi connectivity index (χ0v) is 11.5. The Morgan fingerprint density at radius 2 is 2.00 bits per heavy atom. The van der Waals surface area contributed by atoms with Crippen molar-refractivity contribution < 1.29 is 13.6 Å². The van der Waals surface area contributed by atoms with Crippen LogP contribution in [0.5, 0.6) is 0 Å². The normalized spacial score (nSPS) is 10.6. The molecule has 2 aromatic rings. The van der Waals surface area contributed by atoms with Gasteiger partial charge in [-0.25, -0.2) is 8.78 Å². The lowest BCUT2D eigenvalue weighted by Crippen LogP contribution is -2.08. The average Bonchev–Trinajstić information content (AvgIpc) is 2.43. The molecule has 0 spiro atoms. The molecule has 5 heteroatoms. The summed E-state index contributed by atoms with van der Waals surface area (Å²) < 4.78 is 26.9. The summed E-state index contributed by atoms with van der Waals surface area (Å²) >= 11 is 5.45. The number of aromatic nitrogens is 1. The number of carbonyl (C=O) groups is 1. The van der Waals surface area contributed by atoms with Gasteiger partial charge in [0.25, 0.3) is 0 Å². The highest BCUT2D eigenvalue weighted by atomic mass is 35.5. The van der Waals surface area contributed by atoms with E-state index in [1.165, 1.54) is 0 Å². The molecular formula is C15H12ClF2NO. The zero-order chi connectivity index (χ0) is 14.7. The van der Waals surface area contributed by atoms with E-state index in [1.54, 1.807) is 12.3 Å². The third-order valence-corrected chi connectivity index (χ3v) is 3.24. The molecule has 0 atom stereocenters. The third kappa shape index (κ3) is 3.20. The number of aryl methyl sites for hydroxylation is 1. The summed E-state index contributed by atoms with van der Waals surface area (Å²) in [6.45, 7) is 1.99. The van der Waals surface area contributed by atoms with Gasteiger partial charge in [-0.15, -0.1) is 0 Å². The van der Waals surface area contributed by atoms with Crippen LogP contribution < -0.4 is 0 Å². The van der Waals surface area contributed by atoms with Gasteiger partial charge >= 0.3 is 0 Å². The number of ketones is 1. The maximum Gasteiger partial charge on any atom is 0.171 e. The van der Waals surface area contributed by atoms with Crippen molar-refractivity contribution in [1.82, 2.24) is 4.98 Å². The monoisotopic (exact) mass is 295 g/mol. The Bertz CT molecular complexity index is 641. The number of carbonyl (C=O) groups excluding carboxylic acids is 1. The summed E-state index contributed by atoms with van der Waals surface area (Å²) in [7, 11) is 0. The molecule has 0 saturated carbocycles. The Labute approximate surface area is 120 Å². The van der Waals surface area contributed by atoms with E-state index in [9.17, 15) is 13.6 Å². The molecule has 0 saturated heterocycles. The SMILES string of the molecule is CCc1ccc(CC(=O)c2cc(F)c(Cl)cc2F)nc1. The predicted molar refractivity (Wildman–Crippen MR) is 73.0 cm³/mol. The molecule has 1 heterocycles. The topological polar surface area (TPSA) is 30.0 Å². The van der Waals surface area contributed by atoms with E-state index >= 15 is 0 Å². The minimum atomic E-state index is -0.827. The van der Waals surface area contributed by atoms with Crippen LogP contribution >= 0.6 is 11.6 Å². The van der Waals surface area contributed by atoms with E-state index in [2.05, 4.69) is 4.98 Å². The lowest BCUT2D eigenvalue weighted by Gasteiger charge is -2.05. The Kier molecular flexibility index (Phi) is 4.45. The van der Waals surface area contributed by atoms with E-state index in [4.69, 9.17) is 11.6 Å². The van der Waals surface area contributed by atoms with Gasteiger partial charge in [0.2, 0.25) is 0 Å². The van der Waals surface area contributed by atoms with Gasteiger partial charge in [0, 0.05) is 11.9 Å². The second-order valence-corrected chi connectivity index (χ2v) is 4.76. The Morgan fingerprint density at radius 3 is 2.60 bits per heavy atom. The highest BCUT2D eigenvalue weighted by Gasteiger charge is 2.16. The van der Waals surface area contributed by atoms with Crippen LogP contribution in [0.3, 0.4) is 0 Å². The molecule has 0 aliphatic rings. The zero-order valence-electron chi connectivity index (χ0n) is 10.8. The lowest BCUT2D eigenvalue weighted by atomic mass is 10.0. The van der Waals surface area contributed by atoms with Gasteiger partial charge in [-0.2, -0.15) is 0 Å². The highest BCUT2D eigenvalue weighted by Crippen LogP contribution is 2.20. The molecule has 0 aliphatic carbocycles. The van der Waals surface area contributed by atoms with Crippen LogP contribution in [-0.4, -0.2) is 10.8 Å². The number of halogens is 3. The van der Waals surface area contributed by atoms with Crippen molar-refractivity contribution in [3.8, 4) is 0 Å². The van der Waals surface area contributed by atoms with E-state index in [0.717, 1.165) is 24.1 Å². The summed E-state index contributed by atoms with van der Waals surface area (Å²) in [5.74, 6) is -2.17. The van der Waals surface area contributed by atoms with Crippen LogP contribution in [0.4, 0.5) is 8.78 Å². The quantitative estimate of drug-likeness (QED) is 0.630. The van der Waals surface area contributed by atoms with Crippen molar-refractivity contribution in [1.29, 1.82) is 0 Å². The number of pyridine rings is 1. The molecule has 0 radical (unpaired) electrons. The maximum atomic E-state index is 13.6. The standard InChI is InChI=1S/C15H12ClF2NO/c1-2-9-3-4-10(19-8-9)5-15(20)11-6-14(18)12(16)7-13(11)17/h3-4,6-8H,2,5H2,1H3. The lowest BCUT2D eigenvalue weighted by molar-refractivity contribution is 0.0987. The fourth-order valence-electron chi connectivity index (χ4n) is 1.76. The maximum absolute atomic E-state index is 13.6. The van der Waals surface area contributed by atoms with Crippen molar-refractivity contribution in [2.45, 2.75) is 19.8 Å². The van der Waals surface area contributed by atoms with Gasteiger partial charge in [-0.05, 0) is 30.2 Å². The molecule has 1 aromatic heterocycles. The second-order valence-electron chi connectivity index (χ2n) is 4.36. The summed E-state index contributed by atoms with van der Waals surface area (Å²) in [5.41, 5.74) is 1.25. The number of rotatable bonds is 4. The average molecular weight is 296 g/mol. The van der Waals surface area contributed by atoms with Crippen molar-refractivity contribution in [3.05, 3.63) is 63.9 Å². The second kappa shape index (κ2) is 6.09. The first-order valence-corrected chi connectivity index (χ1v) is 6.50. The molecule has 0 aliphatic heterocycles. The minimum Gasteiger partial charge on any atom is -0.294 e. The first-order chi connectivity index (χ1) is 9.51. The van der Waals surface area contributed by atoms with Crippen LogP contribution in [0.1, 0.15) is 28.5 Å². The van der Waals surface area contributed by atoms with Crippen molar-refractivity contribution >= 4 is 17.4 Å². The molecule has 0 bridgehead atoms. The highest BCUT2D eigenvalue weighted by molar-refractivity contribution is 6.30. The first kappa shape index (κ1) is 14.6. The van der Waals surface area contributed by atoms with Crippen LogP contribution in [0.25, 0.3) is 0 Å². The molecule has 0 fully saturated rings. The van der Waals surface area contributed by atoms with Crippen LogP contribution in [0.15, 0.2) is 30.5 Å². The molecular weight excluding hydrogens is 284 g/mol. The smallest absolute Gasteiger partial charge is 0.171 e. The predicted octanol–water partition coefficient (Wildman–Crippen LogP) is 4.00. The number of benzene rings is 1.